The molecule has 0 spiro atoms. The normalized spacial score (nSPS) is 16.2. The van der Waals surface area contributed by atoms with E-state index in [1.165, 1.54) is 7.11 Å². The Labute approximate surface area is 192 Å². The molecule has 0 aliphatic carbocycles. The number of carbonyl (C=O) groups is 1. The first-order chi connectivity index (χ1) is 16.4. The lowest BCUT2D eigenvalue weighted by Crippen LogP contribution is -2.46. The van der Waals surface area contributed by atoms with E-state index in [1.54, 1.807) is 15.5 Å². The zero-order chi connectivity index (χ0) is 23.8. The largest absolute Gasteiger partial charge is 0.453 e. The number of pyridine rings is 1. The number of fused-ring (bicyclic) bond motifs is 1. The number of tetrazole rings is 1. The van der Waals surface area contributed by atoms with Crippen LogP contribution in [0.25, 0.3) is 28.3 Å². The summed E-state index contributed by atoms with van der Waals surface area (Å²) in [6, 6.07) is 6.02. The van der Waals surface area contributed by atoms with E-state index in [0.717, 1.165) is 17.7 Å². The van der Waals surface area contributed by atoms with E-state index in [0.29, 0.717) is 24.5 Å². The van der Waals surface area contributed by atoms with Crippen LogP contribution >= 0.6 is 0 Å². The number of morpholine rings is 1. The Morgan fingerprint density at radius 2 is 2.09 bits per heavy atom. The van der Waals surface area contributed by atoms with Gasteiger partial charge in [-0.3, -0.25) is 0 Å². The van der Waals surface area contributed by atoms with Crippen molar-refractivity contribution in [1.29, 1.82) is 0 Å². The average molecular weight is 469 g/mol. The first kappa shape index (κ1) is 21.9. The number of imidazole rings is 1. The number of methoxy groups -OCH3 is 1. The number of aryl methyl sites for hydroxylation is 1. The predicted octanol–water partition coefficient (Wildman–Crippen LogP) is 2.78. The minimum Gasteiger partial charge on any atom is -0.453 e. The fraction of sp³-hybridized carbons (Fsp3) is 0.318. The van der Waals surface area contributed by atoms with Gasteiger partial charge in [0.1, 0.15) is 17.3 Å². The van der Waals surface area contributed by atoms with Crippen LogP contribution in [0.2, 0.25) is 0 Å². The molecule has 1 aliphatic rings. The van der Waals surface area contributed by atoms with Crippen LogP contribution in [0.15, 0.2) is 30.5 Å². The Morgan fingerprint density at radius 3 is 2.79 bits per heavy atom. The molecule has 4 heterocycles. The molecule has 10 nitrogen and oxygen atoms in total. The van der Waals surface area contributed by atoms with Crippen molar-refractivity contribution < 1.29 is 23.0 Å². The molecule has 3 aromatic heterocycles. The second-order valence-corrected chi connectivity index (χ2v) is 8.00. The van der Waals surface area contributed by atoms with Crippen LogP contribution in [0.1, 0.15) is 11.3 Å². The summed E-state index contributed by atoms with van der Waals surface area (Å²) in [6.07, 6.45) is 1.23. The molecular formula is C22H21F2N7O3. The van der Waals surface area contributed by atoms with E-state index in [1.807, 2.05) is 19.1 Å². The first-order valence-corrected chi connectivity index (χ1v) is 10.6. The van der Waals surface area contributed by atoms with Gasteiger partial charge in [-0.1, -0.05) is 0 Å². The summed E-state index contributed by atoms with van der Waals surface area (Å²) in [6.45, 7) is 2.93. The van der Waals surface area contributed by atoms with Gasteiger partial charge < -0.3 is 18.8 Å². The summed E-state index contributed by atoms with van der Waals surface area (Å²) in [5.41, 5.74) is 2.12. The quantitative estimate of drug-likeness (QED) is 0.489. The number of amides is 1. The lowest BCUT2D eigenvalue weighted by molar-refractivity contribution is -0.0241. The second-order valence-electron chi connectivity index (χ2n) is 8.00. The maximum Gasteiger partial charge on any atom is 0.409 e. The van der Waals surface area contributed by atoms with Crippen molar-refractivity contribution >= 4 is 11.7 Å². The van der Waals surface area contributed by atoms with Gasteiger partial charge in [-0.2, -0.15) is 5.21 Å². The van der Waals surface area contributed by atoms with Crippen LogP contribution in [0.5, 0.6) is 0 Å². The maximum atomic E-state index is 15.3. The molecule has 0 saturated carbocycles. The molecular weight excluding hydrogens is 448 g/mol. The van der Waals surface area contributed by atoms with E-state index < -0.39 is 23.8 Å². The number of carbonyl (C=O) groups excluding carboxylic acids is 1. The number of aromatic nitrogens is 6. The van der Waals surface area contributed by atoms with Crippen molar-refractivity contribution in [2.75, 3.05) is 26.8 Å². The van der Waals surface area contributed by atoms with Gasteiger partial charge in [0.05, 0.1) is 43.3 Å². The molecule has 34 heavy (non-hydrogen) atoms. The number of nitrogens with one attached hydrogen (secondary N) is 1. The smallest absolute Gasteiger partial charge is 0.409 e. The highest BCUT2D eigenvalue weighted by Gasteiger charge is 2.29. The van der Waals surface area contributed by atoms with Crippen LogP contribution in [-0.4, -0.2) is 73.9 Å². The molecule has 176 valence electrons. The van der Waals surface area contributed by atoms with Crippen molar-refractivity contribution in [3.05, 3.63) is 53.4 Å². The molecule has 1 N–H and O–H groups in total. The molecule has 4 aromatic rings. The van der Waals surface area contributed by atoms with Crippen molar-refractivity contribution in [3.8, 4) is 22.6 Å². The number of nitrogens with zero attached hydrogens (tertiary/aromatic N) is 6. The number of halogens is 2. The number of rotatable bonds is 4. The molecule has 1 amide bonds. The molecule has 1 fully saturated rings. The SMILES string of the molecule is COC(=O)N1CCO[C@@H](Cc2c(-c3c(F)cc(-c4nn[nH]n4)cc3F)nc3cc(C)ccn23)C1. The van der Waals surface area contributed by atoms with Crippen LogP contribution in [0.4, 0.5) is 13.6 Å². The second kappa shape index (κ2) is 8.78. The molecule has 1 saturated heterocycles. The monoisotopic (exact) mass is 469 g/mol. The summed E-state index contributed by atoms with van der Waals surface area (Å²) in [5.74, 6) is -1.53. The van der Waals surface area contributed by atoms with E-state index in [4.69, 9.17) is 9.47 Å². The van der Waals surface area contributed by atoms with Gasteiger partial charge in [0.25, 0.3) is 0 Å². The molecule has 12 heteroatoms. The summed E-state index contributed by atoms with van der Waals surface area (Å²) in [7, 11) is 1.32. The average Bonchev–Trinajstić information content (AvgIpc) is 3.47. The lowest BCUT2D eigenvalue weighted by Gasteiger charge is -2.32. The number of hydrogen-bond acceptors (Lipinski definition) is 7. The van der Waals surface area contributed by atoms with Gasteiger partial charge in [0.2, 0.25) is 5.82 Å². The molecule has 5 rings (SSSR count). The third-order valence-corrected chi connectivity index (χ3v) is 5.76. The molecule has 1 atom stereocenters. The van der Waals surface area contributed by atoms with E-state index in [9.17, 15) is 4.79 Å². The van der Waals surface area contributed by atoms with Crippen LogP contribution in [0, 0.1) is 18.6 Å². The Balaban J connectivity index is 1.58. The zero-order valence-electron chi connectivity index (χ0n) is 18.5. The summed E-state index contributed by atoms with van der Waals surface area (Å²) in [5, 5.41) is 13.3. The molecule has 0 unspecified atom stereocenters. The van der Waals surface area contributed by atoms with Crippen molar-refractivity contribution in [3.63, 3.8) is 0 Å². The van der Waals surface area contributed by atoms with Gasteiger partial charge in [-0.15, -0.1) is 10.2 Å². The Kier molecular flexibility index (Phi) is 5.65. The lowest BCUT2D eigenvalue weighted by atomic mass is 10.0. The third-order valence-electron chi connectivity index (χ3n) is 5.76. The van der Waals surface area contributed by atoms with Crippen LogP contribution in [0.3, 0.4) is 0 Å². The van der Waals surface area contributed by atoms with E-state index in [-0.39, 0.29) is 35.6 Å². The fourth-order valence-electron chi connectivity index (χ4n) is 4.16. The Hall–Kier alpha value is -3.93. The van der Waals surface area contributed by atoms with Crippen molar-refractivity contribution in [2.24, 2.45) is 0 Å². The van der Waals surface area contributed by atoms with Crippen molar-refractivity contribution in [1.82, 2.24) is 34.9 Å². The standard InChI is InChI=1S/C22H21F2N7O3/c1-12-3-4-31-17(10-14-11-30(5-6-34-14)22(32)33-2)20(25-18(31)7-12)19-15(23)8-13(9-16(19)24)21-26-28-29-27-21/h3-4,7-9,14H,5-6,10-11H2,1-2H3,(H,26,27,28,29)/t14-/m0/s1. The van der Waals surface area contributed by atoms with Crippen LogP contribution < -0.4 is 0 Å². The fourth-order valence-corrected chi connectivity index (χ4v) is 4.16. The number of aromatic amines is 1. The van der Waals surface area contributed by atoms with Gasteiger partial charge in [0, 0.05) is 24.7 Å². The Bertz CT molecular complexity index is 1330. The number of H-pyrrole nitrogens is 1. The van der Waals surface area contributed by atoms with Crippen LogP contribution in [-0.2, 0) is 15.9 Å². The van der Waals surface area contributed by atoms with E-state index in [2.05, 4.69) is 25.6 Å². The summed E-state index contributed by atoms with van der Waals surface area (Å²) >= 11 is 0. The van der Waals surface area contributed by atoms with Gasteiger partial charge >= 0.3 is 6.09 Å². The first-order valence-electron chi connectivity index (χ1n) is 10.6. The number of benzene rings is 1. The van der Waals surface area contributed by atoms with Gasteiger partial charge in [-0.25, -0.2) is 18.6 Å². The highest BCUT2D eigenvalue weighted by molar-refractivity contribution is 5.71. The highest BCUT2D eigenvalue weighted by atomic mass is 19.1. The predicted molar refractivity (Wildman–Crippen MR) is 116 cm³/mol. The zero-order valence-corrected chi connectivity index (χ0v) is 18.5. The molecule has 1 aliphatic heterocycles. The van der Waals surface area contributed by atoms with E-state index >= 15 is 8.78 Å². The third kappa shape index (κ3) is 3.96. The molecule has 0 radical (unpaired) electrons. The highest BCUT2D eigenvalue weighted by Crippen LogP contribution is 2.33. The summed E-state index contributed by atoms with van der Waals surface area (Å²) in [4.78, 5) is 18.1. The topological polar surface area (TPSA) is 111 Å². The number of ether oxygens (including phenoxy) is 2. The van der Waals surface area contributed by atoms with Crippen molar-refractivity contribution in [2.45, 2.75) is 19.4 Å². The van der Waals surface area contributed by atoms with Gasteiger partial charge in [0.15, 0.2) is 0 Å². The maximum absolute atomic E-state index is 15.3. The van der Waals surface area contributed by atoms with Gasteiger partial charge in [-0.05, 0) is 42.0 Å². The minimum atomic E-state index is -0.804. The Morgan fingerprint density at radius 1 is 1.29 bits per heavy atom. The molecule has 0 bridgehead atoms. The molecule has 1 aromatic carbocycles. The number of hydrogen-bond donors (Lipinski definition) is 1. The summed E-state index contributed by atoms with van der Waals surface area (Å²) < 4.78 is 43.1. The minimum absolute atomic E-state index is 0.0775.